The van der Waals surface area contributed by atoms with Crippen LogP contribution in [0.15, 0.2) is 55.0 Å². The molecule has 0 radical (unpaired) electrons. The number of methoxy groups -OCH3 is 1. The number of carbonyl (C=O) groups is 1. The molecule has 3 rings (SSSR count). The molecule has 1 aromatic carbocycles. The third-order valence-electron chi connectivity index (χ3n) is 3.74. The first-order valence-electron chi connectivity index (χ1n) is 7.51. The molecule has 1 amide bonds. The highest BCUT2D eigenvalue weighted by molar-refractivity contribution is 5.99. The van der Waals surface area contributed by atoms with Crippen molar-refractivity contribution in [2.75, 3.05) is 14.2 Å². The number of hydrogen-bond acceptors (Lipinski definition) is 4. The van der Waals surface area contributed by atoms with Crippen molar-refractivity contribution in [2.24, 2.45) is 0 Å². The van der Waals surface area contributed by atoms with Gasteiger partial charge in [0.1, 0.15) is 5.75 Å². The molecule has 122 valence electrons. The molecule has 6 nitrogen and oxygen atoms in total. The van der Waals surface area contributed by atoms with Gasteiger partial charge in [-0.1, -0.05) is 12.1 Å². The van der Waals surface area contributed by atoms with Crippen LogP contribution in [0.2, 0.25) is 0 Å². The van der Waals surface area contributed by atoms with E-state index in [2.05, 4.69) is 15.2 Å². The largest absolute Gasteiger partial charge is 0.497 e. The highest BCUT2D eigenvalue weighted by Gasteiger charge is 2.19. The predicted octanol–water partition coefficient (Wildman–Crippen LogP) is 2.75. The number of amides is 1. The molecule has 1 N–H and O–H groups in total. The van der Waals surface area contributed by atoms with E-state index in [1.54, 1.807) is 37.6 Å². The van der Waals surface area contributed by atoms with Gasteiger partial charge in [-0.25, -0.2) is 0 Å². The monoisotopic (exact) mass is 322 g/mol. The first-order chi connectivity index (χ1) is 11.7. The summed E-state index contributed by atoms with van der Waals surface area (Å²) < 4.78 is 5.22. The van der Waals surface area contributed by atoms with Crippen LogP contribution in [0.4, 0.5) is 0 Å². The summed E-state index contributed by atoms with van der Waals surface area (Å²) in [5.74, 6) is 0.674. The SMILES string of the molecule is COc1cccc(CN(C)C(=O)c2cn[nH]c2-c2ccncc2)c1. The molecule has 0 atom stereocenters. The number of pyridine rings is 1. The van der Waals surface area contributed by atoms with Crippen LogP contribution in [-0.4, -0.2) is 40.1 Å². The summed E-state index contributed by atoms with van der Waals surface area (Å²) in [7, 11) is 3.39. The Morgan fingerprint density at radius 2 is 2.04 bits per heavy atom. The molecular formula is C18H18N4O2. The van der Waals surface area contributed by atoms with Gasteiger partial charge in [0.25, 0.3) is 5.91 Å². The summed E-state index contributed by atoms with van der Waals surface area (Å²) >= 11 is 0. The van der Waals surface area contributed by atoms with E-state index in [4.69, 9.17) is 4.74 Å². The molecule has 3 aromatic rings. The molecule has 0 aliphatic carbocycles. The maximum absolute atomic E-state index is 12.8. The lowest BCUT2D eigenvalue weighted by molar-refractivity contribution is 0.0786. The summed E-state index contributed by atoms with van der Waals surface area (Å²) in [6, 6.07) is 11.3. The summed E-state index contributed by atoms with van der Waals surface area (Å²) in [6.07, 6.45) is 4.93. The van der Waals surface area contributed by atoms with E-state index in [9.17, 15) is 4.79 Å². The highest BCUT2D eigenvalue weighted by Crippen LogP contribution is 2.22. The van der Waals surface area contributed by atoms with Crippen LogP contribution in [0.25, 0.3) is 11.3 Å². The third-order valence-corrected chi connectivity index (χ3v) is 3.74. The van der Waals surface area contributed by atoms with Crippen molar-refractivity contribution in [1.82, 2.24) is 20.1 Å². The molecule has 0 spiro atoms. The second kappa shape index (κ2) is 6.95. The summed E-state index contributed by atoms with van der Waals surface area (Å²) in [4.78, 5) is 18.4. The first kappa shape index (κ1) is 15.7. The second-order valence-electron chi connectivity index (χ2n) is 5.41. The minimum Gasteiger partial charge on any atom is -0.497 e. The quantitative estimate of drug-likeness (QED) is 0.784. The highest BCUT2D eigenvalue weighted by atomic mass is 16.5. The van der Waals surface area contributed by atoms with E-state index >= 15 is 0 Å². The fourth-order valence-electron chi connectivity index (χ4n) is 2.51. The van der Waals surface area contributed by atoms with E-state index in [1.165, 1.54) is 0 Å². The molecule has 2 aromatic heterocycles. The number of hydrogen-bond donors (Lipinski definition) is 1. The Morgan fingerprint density at radius 1 is 1.25 bits per heavy atom. The normalized spacial score (nSPS) is 10.4. The Morgan fingerprint density at radius 3 is 2.79 bits per heavy atom. The van der Waals surface area contributed by atoms with E-state index in [0.717, 1.165) is 16.9 Å². The molecule has 6 heteroatoms. The first-order valence-corrected chi connectivity index (χ1v) is 7.51. The Bertz CT molecular complexity index is 830. The van der Waals surface area contributed by atoms with Gasteiger partial charge in [0.05, 0.1) is 24.6 Å². The van der Waals surface area contributed by atoms with Gasteiger partial charge in [0.2, 0.25) is 0 Å². The molecule has 2 heterocycles. The average Bonchev–Trinajstić information content (AvgIpc) is 3.11. The van der Waals surface area contributed by atoms with E-state index in [0.29, 0.717) is 17.8 Å². The van der Waals surface area contributed by atoms with Gasteiger partial charge in [0.15, 0.2) is 0 Å². The molecule has 0 aliphatic heterocycles. The van der Waals surface area contributed by atoms with Crippen LogP contribution in [0.5, 0.6) is 5.75 Å². The third kappa shape index (κ3) is 3.27. The summed E-state index contributed by atoms with van der Waals surface area (Å²) in [6.45, 7) is 0.483. The van der Waals surface area contributed by atoms with Crippen LogP contribution < -0.4 is 4.74 Å². The Balaban J connectivity index is 1.81. The molecule has 0 fully saturated rings. The van der Waals surface area contributed by atoms with Gasteiger partial charge in [0, 0.05) is 31.5 Å². The van der Waals surface area contributed by atoms with E-state index in [-0.39, 0.29) is 5.91 Å². The van der Waals surface area contributed by atoms with Gasteiger partial charge in [-0.15, -0.1) is 0 Å². The van der Waals surface area contributed by atoms with Crippen LogP contribution in [0.3, 0.4) is 0 Å². The second-order valence-corrected chi connectivity index (χ2v) is 5.41. The minimum absolute atomic E-state index is 0.0987. The predicted molar refractivity (Wildman–Crippen MR) is 90.6 cm³/mol. The van der Waals surface area contributed by atoms with Crippen molar-refractivity contribution in [3.8, 4) is 17.0 Å². The standard InChI is InChI=1S/C18H18N4O2/c1-22(12-13-4-3-5-15(10-13)24-2)18(23)16-11-20-21-17(16)14-6-8-19-9-7-14/h3-11H,12H2,1-2H3,(H,20,21). The molecule has 0 unspecified atom stereocenters. The number of ether oxygens (including phenoxy) is 1. The maximum atomic E-state index is 12.8. The van der Waals surface area contributed by atoms with Crippen LogP contribution >= 0.6 is 0 Å². The minimum atomic E-state index is -0.0987. The van der Waals surface area contributed by atoms with Crippen LogP contribution in [0.1, 0.15) is 15.9 Å². The van der Waals surface area contributed by atoms with Crippen molar-refractivity contribution in [3.63, 3.8) is 0 Å². The number of rotatable bonds is 5. The van der Waals surface area contributed by atoms with Gasteiger partial charge in [-0.2, -0.15) is 5.10 Å². The van der Waals surface area contributed by atoms with Gasteiger partial charge in [-0.3, -0.25) is 14.9 Å². The lowest BCUT2D eigenvalue weighted by Gasteiger charge is -2.17. The molecule has 0 saturated heterocycles. The van der Waals surface area contributed by atoms with Crippen LogP contribution in [0, 0.1) is 0 Å². The molecule has 0 saturated carbocycles. The fourth-order valence-corrected chi connectivity index (χ4v) is 2.51. The lowest BCUT2D eigenvalue weighted by Crippen LogP contribution is -2.26. The smallest absolute Gasteiger partial charge is 0.257 e. The fraction of sp³-hybridized carbons (Fsp3) is 0.167. The van der Waals surface area contributed by atoms with E-state index in [1.807, 2.05) is 36.4 Å². The Labute approximate surface area is 140 Å². The average molecular weight is 322 g/mol. The molecule has 24 heavy (non-hydrogen) atoms. The zero-order valence-corrected chi connectivity index (χ0v) is 13.6. The van der Waals surface area contributed by atoms with Gasteiger partial charge in [-0.05, 0) is 29.8 Å². The molecule has 0 bridgehead atoms. The van der Waals surface area contributed by atoms with Crippen molar-refractivity contribution in [1.29, 1.82) is 0 Å². The topological polar surface area (TPSA) is 71.1 Å². The Kier molecular flexibility index (Phi) is 4.56. The van der Waals surface area contributed by atoms with Crippen molar-refractivity contribution < 1.29 is 9.53 Å². The van der Waals surface area contributed by atoms with Crippen molar-refractivity contribution in [2.45, 2.75) is 6.54 Å². The van der Waals surface area contributed by atoms with E-state index < -0.39 is 0 Å². The van der Waals surface area contributed by atoms with Crippen molar-refractivity contribution in [3.05, 3.63) is 66.1 Å². The number of H-pyrrole nitrogens is 1. The van der Waals surface area contributed by atoms with Gasteiger partial charge >= 0.3 is 0 Å². The number of carbonyl (C=O) groups excluding carboxylic acids is 1. The number of nitrogens with zero attached hydrogens (tertiary/aromatic N) is 3. The number of aromatic nitrogens is 3. The Hall–Kier alpha value is -3.15. The lowest BCUT2D eigenvalue weighted by atomic mass is 10.1. The molecular weight excluding hydrogens is 304 g/mol. The number of benzene rings is 1. The summed E-state index contributed by atoms with van der Waals surface area (Å²) in [5.41, 5.74) is 3.10. The van der Waals surface area contributed by atoms with Crippen LogP contribution in [-0.2, 0) is 6.54 Å². The summed E-state index contributed by atoms with van der Waals surface area (Å²) in [5, 5.41) is 6.92. The molecule has 0 aliphatic rings. The number of nitrogens with one attached hydrogen (secondary N) is 1. The van der Waals surface area contributed by atoms with Gasteiger partial charge < -0.3 is 9.64 Å². The maximum Gasteiger partial charge on any atom is 0.257 e. The zero-order valence-electron chi connectivity index (χ0n) is 13.6. The number of aromatic amines is 1. The zero-order chi connectivity index (χ0) is 16.9. The van der Waals surface area contributed by atoms with Crippen molar-refractivity contribution >= 4 is 5.91 Å².